The van der Waals surface area contributed by atoms with Crippen LogP contribution < -0.4 is 10.2 Å². The number of aromatic nitrogens is 2. The summed E-state index contributed by atoms with van der Waals surface area (Å²) < 4.78 is 1.96. The first-order valence-corrected chi connectivity index (χ1v) is 7.68. The van der Waals surface area contributed by atoms with Gasteiger partial charge in [-0.05, 0) is 31.2 Å². The van der Waals surface area contributed by atoms with Gasteiger partial charge >= 0.3 is 0 Å². The van der Waals surface area contributed by atoms with Crippen LogP contribution in [-0.2, 0) is 6.54 Å². The van der Waals surface area contributed by atoms with E-state index >= 15 is 0 Å². The molecule has 2 aromatic rings. The number of rotatable bonds is 6. The number of hydrogen-bond donors (Lipinski definition) is 1. The van der Waals surface area contributed by atoms with Gasteiger partial charge < -0.3 is 10.2 Å². The van der Waals surface area contributed by atoms with Crippen LogP contribution in [0.2, 0.25) is 5.02 Å². The molecule has 1 aromatic heterocycles. The fourth-order valence-corrected chi connectivity index (χ4v) is 2.72. The van der Waals surface area contributed by atoms with Crippen LogP contribution in [0.4, 0.5) is 5.69 Å². The molecule has 5 heteroatoms. The Bertz CT molecular complexity index is 592. The predicted octanol–water partition coefficient (Wildman–Crippen LogP) is 3.32. The van der Waals surface area contributed by atoms with E-state index in [1.165, 1.54) is 11.3 Å². The number of nitrogens with zero attached hydrogens (tertiary/aromatic N) is 3. The van der Waals surface area contributed by atoms with E-state index in [1.807, 2.05) is 18.8 Å². The molecule has 0 amide bonds. The lowest BCUT2D eigenvalue weighted by Crippen LogP contribution is -2.25. The Morgan fingerprint density at radius 2 is 2.10 bits per heavy atom. The highest BCUT2D eigenvalue weighted by molar-refractivity contribution is 6.31. The average molecular weight is 307 g/mol. The zero-order valence-corrected chi connectivity index (χ0v) is 13.9. The van der Waals surface area contributed by atoms with Gasteiger partial charge in [0.15, 0.2) is 0 Å². The normalized spacial score (nSPS) is 12.4. The van der Waals surface area contributed by atoms with Crippen LogP contribution in [0, 0.1) is 0 Å². The van der Waals surface area contributed by atoms with Crippen molar-refractivity contribution in [3.8, 4) is 0 Å². The van der Waals surface area contributed by atoms with Gasteiger partial charge in [-0.1, -0.05) is 30.7 Å². The Balaban J connectivity index is 2.48. The molecular formula is C16H23ClN4. The van der Waals surface area contributed by atoms with Gasteiger partial charge in [0, 0.05) is 26.3 Å². The monoisotopic (exact) mass is 306 g/mol. The summed E-state index contributed by atoms with van der Waals surface area (Å²) in [5.41, 5.74) is 3.39. The van der Waals surface area contributed by atoms with Crippen LogP contribution in [0.3, 0.4) is 0 Å². The maximum absolute atomic E-state index is 6.37. The van der Waals surface area contributed by atoms with E-state index < -0.39 is 0 Å². The molecule has 0 saturated heterocycles. The van der Waals surface area contributed by atoms with Gasteiger partial charge in [-0.25, -0.2) is 0 Å². The fourth-order valence-electron chi connectivity index (χ4n) is 2.47. The maximum atomic E-state index is 6.37. The molecule has 1 unspecified atom stereocenters. The summed E-state index contributed by atoms with van der Waals surface area (Å²) in [5, 5.41) is 8.58. The molecule has 114 valence electrons. The quantitative estimate of drug-likeness (QED) is 0.889. The zero-order chi connectivity index (χ0) is 15.4. The van der Waals surface area contributed by atoms with Crippen LogP contribution >= 0.6 is 11.6 Å². The van der Waals surface area contributed by atoms with Crippen LogP contribution in [-0.4, -0.2) is 30.4 Å². The molecule has 0 aliphatic carbocycles. The Morgan fingerprint density at radius 1 is 1.33 bits per heavy atom. The lowest BCUT2D eigenvalue weighted by Gasteiger charge is -2.22. The van der Waals surface area contributed by atoms with Gasteiger partial charge in [0.1, 0.15) is 0 Å². The minimum absolute atomic E-state index is 0.0462. The summed E-state index contributed by atoms with van der Waals surface area (Å²) in [5.74, 6) is 0. The van der Waals surface area contributed by atoms with Crippen LogP contribution in [0.5, 0.6) is 0 Å². The second-order valence-corrected chi connectivity index (χ2v) is 5.58. The lowest BCUT2D eigenvalue weighted by atomic mass is 10.0. The van der Waals surface area contributed by atoms with Gasteiger partial charge in [-0.3, -0.25) is 4.68 Å². The Labute approximate surface area is 131 Å². The van der Waals surface area contributed by atoms with Gasteiger partial charge in [0.25, 0.3) is 0 Å². The standard InChI is InChI=1S/C16H23ClN4/c1-5-18-15(16-14(17)11-19-21(16)6-2)12-8-7-9-13(10-12)20(3)4/h7-11,15,18H,5-6H2,1-4H3. The van der Waals surface area contributed by atoms with E-state index in [4.69, 9.17) is 11.6 Å². The SMILES string of the molecule is CCNC(c1cccc(N(C)C)c1)c1c(Cl)cnn1CC. The average Bonchev–Trinajstić information content (AvgIpc) is 2.85. The first-order valence-electron chi connectivity index (χ1n) is 7.30. The van der Waals surface area contributed by atoms with Crippen molar-refractivity contribution < 1.29 is 0 Å². The number of nitrogens with one attached hydrogen (secondary N) is 1. The van der Waals surface area contributed by atoms with Crippen molar-refractivity contribution in [3.05, 3.63) is 46.7 Å². The van der Waals surface area contributed by atoms with Crippen LogP contribution in [0.15, 0.2) is 30.5 Å². The van der Waals surface area contributed by atoms with Gasteiger partial charge in [-0.2, -0.15) is 5.10 Å². The third-order valence-electron chi connectivity index (χ3n) is 3.53. The lowest BCUT2D eigenvalue weighted by molar-refractivity contribution is 0.542. The van der Waals surface area contributed by atoms with Crippen molar-refractivity contribution in [3.63, 3.8) is 0 Å². The van der Waals surface area contributed by atoms with E-state index in [1.54, 1.807) is 6.20 Å². The molecule has 1 aromatic carbocycles. The predicted molar refractivity (Wildman–Crippen MR) is 89.2 cm³/mol. The summed E-state index contributed by atoms with van der Waals surface area (Å²) in [7, 11) is 4.09. The highest BCUT2D eigenvalue weighted by atomic mass is 35.5. The topological polar surface area (TPSA) is 33.1 Å². The number of hydrogen-bond acceptors (Lipinski definition) is 3. The zero-order valence-electron chi connectivity index (χ0n) is 13.1. The Hall–Kier alpha value is -1.52. The summed E-state index contributed by atoms with van der Waals surface area (Å²) in [6.45, 7) is 5.84. The third kappa shape index (κ3) is 3.39. The van der Waals surface area contributed by atoms with Crippen LogP contribution in [0.25, 0.3) is 0 Å². The first kappa shape index (κ1) is 15.9. The molecular weight excluding hydrogens is 284 g/mol. The molecule has 2 rings (SSSR count). The summed E-state index contributed by atoms with van der Waals surface area (Å²) >= 11 is 6.37. The molecule has 0 radical (unpaired) electrons. The van der Waals surface area contributed by atoms with Gasteiger partial charge in [-0.15, -0.1) is 0 Å². The van der Waals surface area contributed by atoms with E-state index in [2.05, 4.69) is 53.4 Å². The molecule has 1 atom stereocenters. The summed E-state index contributed by atoms with van der Waals surface area (Å²) in [6, 6.07) is 8.55. The molecule has 0 fully saturated rings. The fraction of sp³-hybridized carbons (Fsp3) is 0.438. The minimum Gasteiger partial charge on any atom is -0.378 e. The van der Waals surface area contributed by atoms with E-state index in [-0.39, 0.29) is 6.04 Å². The van der Waals surface area contributed by atoms with Crippen molar-refractivity contribution in [2.24, 2.45) is 0 Å². The molecule has 0 saturated carbocycles. The first-order chi connectivity index (χ1) is 10.1. The van der Waals surface area contributed by atoms with Crippen LogP contribution in [0.1, 0.15) is 31.1 Å². The number of anilines is 1. The minimum atomic E-state index is 0.0462. The van der Waals surface area contributed by atoms with Crippen molar-refractivity contribution in [2.75, 3.05) is 25.5 Å². The van der Waals surface area contributed by atoms with Gasteiger partial charge in [0.05, 0.1) is 23.0 Å². The number of benzene rings is 1. The summed E-state index contributed by atoms with van der Waals surface area (Å²) in [4.78, 5) is 2.10. The molecule has 1 N–H and O–H groups in total. The number of halogens is 1. The highest BCUT2D eigenvalue weighted by Gasteiger charge is 2.21. The second-order valence-electron chi connectivity index (χ2n) is 5.17. The largest absolute Gasteiger partial charge is 0.378 e. The second kappa shape index (κ2) is 6.96. The van der Waals surface area contributed by atoms with Crippen molar-refractivity contribution in [2.45, 2.75) is 26.4 Å². The Morgan fingerprint density at radius 3 is 2.71 bits per heavy atom. The smallest absolute Gasteiger partial charge is 0.0837 e. The third-order valence-corrected chi connectivity index (χ3v) is 3.83. The van der Waals surface area contributed by atoms with Crippen molar-refractivity contribution >= 4 is 17.3 Å². The summed E-state index contributed by atoms with van der Waals surface area (Å²) in [6.07, 6.45) is 1.72. The molecule has 0 aliphatic rings. The van der Waals surface area contributed by atoms with Gasteiger partial charge in [0.2, 0.25) is 0 Å². The van der Waals surface area contributed by atoms with Crippen molar-refractivity contribution in [1.29, 1.82) is 0 Å². The molecule has 4 nitrogen and oxygen atoms in total. The molecule has 1 heterocycles. The Kier molecular flexibility index (Phi) is 5.26. The highest BCUT2D eigenvalue weighted by Crippen LogP contribution is 2.30. The molecule has 0 bridgehead atoms. The van der Waals surface area contributed by atoms with E-state index in [0.29, 0.717) is 5.02 Å². The van der Waals surface area contributed by atoms with E-state index in [0.717, 1.165) is 18.8 Å². The molecule has 0 spiro atoms. The molecule has 21 heavy (non-hydrogen) atoms. The molecule has 0 aliphatic heterocycles. The maximum Gasteiger partial charge on any atom is 0.0837 e. The number of aryl methyl sites for hydroxylation is 1. The van der Waals surface area contributed by atoms with Crippen molar-refractivity contribution in [1.82, 2.24) is 15.1 Å². The van der Waals surface area contributed by atoms with E-state index in [9.17, 15) is 0 Å².